The summed E-state index contributed by atoms with van der Waals surface area (Å²) in [6, 6.07) is 2.56. The predicted octanol–water partition coefficient (Wildman–Crippen LogP) is 1.75. The molecule has 82 valence electrons. The lowest BCUT2D eigenvalue weighted by atomic mass is 10.1. The Balaban J connectivity index is 3.66. The molecule has 0 spiro atoms. The van der Waals surface area contributed by atoms with Crippen molar-refractivity contribution in [2.45, 2.75) is 11.8 Å². The van der Waals surface area contributed by atoms with Crippen LogP contribution in [0.2, 0.25) is 5.02 Å². The van der Waals surface area contributed by atoms with Crippen molar-refractivity contribution in [3.05, 3.63) is 28.3 Å². The number of benzene rings is 1. The Hall–Kier alpha value is -1.07. The van der Waals surface area contributed by atoms with Gasteiger partial charge < -0.3 is 5.11 Å². The molecule has 0 aromatic heterocycles. The Morgan fingerprint density at radius 2 is 1.93 bits per heavy atom. The highest BCUT2D eigenvalue weighted by molar-refractivity contribution is 7.90. The second kappa shape index (κ2) is 3.83. The third-order valence-electron chi connectivity index (χ3n) is 1.96. The minimum atomic E-state index is -3.52. The van der Waals surface area contributed by atoms with Gasteiger partial charge in [0.15, 0.2) is 9.84 Å². The second-order valence-electron chi connectivity index (χ2n) is 3.13. The first-order valence-electron chi connectivity index (χ1n) is 3.97. The molecular weight excluding hydrogens is 240 g/mol. The summed E-state index contributed by atoms with van der Waals surface area (Å²) in [6.45, 7) is 1.42. The Kier molecular flexibility index (Phi) is 3.06. The van der Waals surface area contributed by atoms with E-state index in [1.54, 1.807) is 0 Å². The van der Waals surface area contributed by atoms with E-state index in [0.717, 1.165) is 6.26 Å². The number of hydrogen-bond acceptors (Lipinski definition) is 3. The number of hydrogen-bond donors (Lipinski definition) is 1. The van der Waals surface area contributed by atoms with Gasteiger partial charge in [0.25, 0.3) is 0 Å². The van der Waals surface area contributed by atoms with Crippen molar-refractivity contribution in [2.24, 2.45) is 0 Å². The van der Waals surface area contributed by atoms with Gasteiger partial charge in [-0.15, -0.1) is 0 Å². The van der Waals surface area contributed by atoms with Gasteiger partial charge in [0, 0.05) is 6.26 Å². The smallest absolute Gasteiger partial charge is 0.335 e. The molecule has 0 heterocycles. The highest BCUT2D eigenvalue weighted by Crippen LogP contribution is 2.27. The summed E-state index contributed by atoms with van der Waals surface area (Å²) in [5.74, 6) is -1.17. The van der Waals surface area contributed by atoms with Crippen LogP contribution in [0.5, 0.6) is 0 Å². The lowest BCUT2D eigenvalue weighted by Crippen LogP contribution is -2.07. The van der Waals surface area contributed by atoms with E-state index in [1.165, 1.54) is 19.1 Å². The predicted molar refractivity (Wildman–Crippen MR) is 56.3 cm³/mol. The summed E-state index contributed by atoms with van der Waals surface area (Å²) in [6.07, 6.45) is 0.993. The van der Waals surface area contributed by atoms with Gasteiger partial charge in [-0.1, -0.05) is 11.6 Å². The normalized spacial score (nSPS) is 11.4. The molecular formula is C9H9ClO4S. The first-order chi connectivity index (χ1) is 6.75. The monoisotopic (exact) mass is 248 g/mol. The van der Waals surface area contributed by atoms with Crippen molar-refractivity contribution in [2.75, 3.05) is 6.26 Å². The Morgan fingerprint density at radius 1 is 1.40 bits per heavy atom. The van der Waals surface area contributed by atoms with Crippen LogP contribution in [0.25, 0.3) is 0 Å². The highest BCUT2D eigenvalue weighted by atomic mass is 35.5. The Morgan fingerprint density at radius 3 is 2.33 bits per heavy atom. The van der Waals surface area contributed by atoms with Crippen LogP contribution in [0.1, 0.15) is 15.9 Å². The van der Waals surface area contributed by atoms with Crippen LogP contribution < -0.4 is 0 Å². The molecule has 15 heavy (non-hydrogen) atoms. The van der Waals surface area contributed by atoms with E-state index in [-0.39, 0.29) is 21.0 Å². The lowest BCUT2D eigenvalue weighted by Gasteiger charge is -2.08. The summed E-state index contributed by atoms with van der Waals surface area (Å²) in [7, 11) is -3.52. The zero-order chi connectivity index (χ0) is 11.8. The van der Waals surface area contributed by atoms with Crippen LogP contribution in [0, 0.1) is 6.92 Å². The number of carboxylic acids is 1. The van der Waals surface area contributed by atoms with Gasteiger partial charge in [-0.25, -0.2) is 13.2 Å². The number of aromatic carboxylic acids is 1. The molecule has 0 radical (unpaired) electrons. The minimum absolute atomic E-state index is 0.0417. The fourth-order valence-electron chi connectivity index (χ4n) is 1.35. The maximum atomic E-state index is 11.4. The number of halogens is 1. The molecule has 0 atom stereocenters. The van der Waals surface area contributed by atoms with Crippen LogP contribution in [-0.2, 0) is 9.84 Å². The van der Waals surface area contributed by atoms with E-state index in [4.69, 9.17) is 16.7 Å². The molecule has 6 heteroatoms. The summed E-state index contributed by atoms with van der Waals surface area (Å²) in [5.41, 5.74) is 0.109. The fraction of sp³-hybridized carbons (Fsp3) is 0.222. The van der Waals surface area contributed by atoms with Crippen molar-refractivity contribution in [1.29, 1.82) is 0 Å². The molecule has 0 saturated heterocycles. The average Bonchev–Trinajstić information content (AvgIpc) is 2.00. The Labute approximate surface area is 92.4 Å². The average molecular weight is 249 g/mol. The zero-order valence-electron chi connectivity index (χ0n) is 8.11. The molecule has 0 aliphatic heterocycles. The fourth-order valence-corrected chi connectivity index (χ4v) is 3.06. The number of carboxylic acid groups (broad SMARTS) is 1. The first kappa shape index (κ1) is 12.0. The van der Waals surface area contributed by atoms with E-state index in [9.17, 15) is 13.2 Å². The van der Waals surface area contributed by atoms with Crippen molar-refractivity contribution in [1.82, 2.24) is 0 Å². The van der Waals surface area contributed by atoms with Crippen LogP contribution >= 0.6 is 11.6 Å². The molecule has 0 fully saturated rings. The first-order valence-corrected chi connectivity index (χ1v) is 6.24. The molecule has 0 aliphatic carbocycles. The standard InChI is InChI=1S/C9H9ClO4S/c1-5-6(9(11)12)3-4-7(10)8(5)15(2,13)14/h3-4H,1-2H3,(H,11,12). The van der Waals surface area contributed by atoms with Gasteiger partial charge in [0.05, 0.1) is 15.5 Å². The largest absolute Gasteiger partial charge is 0.478 e. The van der Waals surface area contributed by atoms with Crippen LogP contribution in [0.15, 0.2) is 17.0 Å². The van der Waals surface area contributed by atoms with E-state index < -0.39 is 15.8 Å². The maximum Gasteiger partial charge on any atom is 0.335 e. The maximum absolute atomic E-state index is 11.4. The van der Waals surface area contributed by atoms with Crippen molar-refractivity contribution < 1.29 is 18.3 Å². The summed E-state index contributed by atoms with van der Waals surface area (Å²) in [4.78, 5) is 10.7. The summed E-state index contributed by atoms with van der Waals surface area (Å²) < 4.78 is 22.7. The van der Waals surface area contributed by atoms with Crippen molar-refractivity contribution in [3.63, 3.8) is 0 Å². The molecule has 0 unspecified atom stereocenters. The minimum Gasteiger partial charge on any atom is -0.478 e. The SMILES string of the molecule is Cc1c(C(=O)O)ccc(Cl)c1S(C)(=O)=O. The van der Waals surface area contributed by atoms with E-state index in [2.05, 4.69) is 0 Å². The number of carbonyl (C=O) groups is 1. The van der Waals surface area contributed by atoms with Gasteiger partial charge in [0.1, 0.15) is 0 Å². The molecule has 1 N–H and O–H groups in total. The van der Waals surface area contributed by atoms with E-state index in [0.29, 0.717) is 0 Å². The third kappa shape index (κ3) is 2.30. The van der Waals surface area contributed by atoms with Crippen LogP contribution in [0.4, 0.5) is 0 Å². The van der Waals surface area contributed by atoms with Gasteiger partial charge in [0.2, 0.25) is 0 Å². The zero-order valence-corrected chi connectivity index (χ0v) is 9.69. The van der Waals surface area contributed by atoms with E-state index >= 15 is 0 Å². The molecule has 0 saturated carbocycles. The lowest BCUT2D eigenvalue weighted by molar-refractivity contribution is 0.0696. The summed E-state index contributed by atoms with van der Waals surface area (Å²) in [5, 5.41) is 8.85. The number of sulfone groups is 1. The number of rotatable bonds is 2. The molecule has 0 bridgehead atoms. The highest BCUT2D eigenvalue weighted by Gasteiger charge is 2.20. The topological polar surface area (TPSA) is 71.4 Å². The van der Waals surface area contributed by atoms with Crippen LogP contribution in [0.3, 0.4) is 0 Å². The Bertz CT molecular complexity index is 519. The van der Waals surface area contributed by atoms with Gasteiger partial charge in [-0.3, -0.25) is 0 Å². The molecule has 4 nitrogen and oxygen atoms in total. The van der Waals surface area contributed by atoms with Crippen molar-refractivity contribution >= 4 is 27.4 Å². The van der Waals surface area contributed by atoms with Crippen LogP contribution in [-0.4, -0.2) is 25.7 Å². The molecule has 0 aliphatic rings. The van der Waals surface area contributed by atoms with Crippen molar-refractivity contribution in [3.8, 4) is 0 Å². The molecule has 1 aromatic carbocycles. The summed E-state index contributed by atoms with van der Waals surface area (Å²) >= 11 is 5.72. The molecule has 0 amide bonds. The quantitative estimate of drug-likeness (QED) is 0.866. The molecule has 1 aromatic rings. The van der Waals surface area contributed by atoms with Gasteiger partial charge >= 0.3 is 5.97 Å². The second-order valence-corrected chi connectivity index (χ2v) is 5.49. The molecule has 1 rings (SSSR count). The third-order valence-corrected chi connectivity index (χ3v) is 3.65. The van der Waals surface area contributed by atoms with Gasteiger partial charge in [-0.05, 0) is 24.6 Å². The van der Waals surface area contributed by atoms with Gasteiger partial charge in [-0.2, -0.15) is 0 Å². The van der Waals surface area contributed by atoms with E-state index in [1.807, 2.05) is 0 Å².